The molecule has 3 rings (SSSR count). The fourth-order valence-corrected chi connectivity index (χ4v) is 6.33. The number of nitrogens with one attached hydrogen (secondary N) is 1. The summed E-state index contributed by atoms with van der Waals surface area (Å²) in [7, 11) is -2.81. The van der Waals surface area contributed by atoms with Gasteiger partial charge in [-0.3, -0.25) is 9.89 Å². The van der Waals surface area contributed by atoms with E-state index in [1.54, 1.807) is 0 Å². The van der Waals surface area contributed by atoms with Gasteiger partial charge >= 0.3 is 0 Å². The van der Waals surface area contributed by atoms with Gasteiger partial charge in [0, 0.05) is 45.3 Å². The highest BCUT2D eigenvalue weighted by Gasteiger charge is 2.29. The third kappa shape index (κ3) is 5.59. The predicted molar refractivity (Wildman–Crippen MR) is 107 cm³/mol. The van der Waals surface area contributed by atoms with Crippen molar-refractivity contribution < 1.29 is 8.42 Å². The molecule has 2 aliphatic heterocycles. The van der Waals surface area contributed by atoms with E-state index in [1.165, 1.54) is 32.1 Å². The maximum Gasteiger partial charge on any atom is 0.194 e. The summed E-state index contributed by atoms with van der Waals surface area (Å²) >= 11 is 0. The van der Waals surface area contributed by atoms with Gasteiger partial charge in [0.25, 0.3) is 0 Å². The summed E-state index contributed by atoms with van der Waals surface area (Å²) in [6.07, 6.45) is 8.75. The lowest BCUT2D eigenvalue weighted by atomic mass is 9.94. The molecule has 0 aromatic heterocycles. The number of rotatable bonds is 5. The van der Waals surface area contributed by atoms with E-state index in [9.17, 15) is 8.42 Å². The lowest BCUT2D eigenvalue weighted by molar-refractivity contribution is 0.106. The fourth-order valence-electron chi connectivity index (χ4n) is 4.48. The van der Waals surface area contributed by atoms with E-state index in [4.69, 9.17) is 4.99 Å². The van der Waals surface area contributed by atoms with Crippen LogP contribution in [0.5, 0.6) is 0 Å². The highest BCUT2D eigenvalue weighted by Crippen LogP contribution is 2.23. The zero-order valence-electron chi connectivity index (χ0n) is 16.3. The van der Waals surface area contributed by atoms with Crippen molar-refractivity contribution in [3.63, 3.8) is 0 Å². The first kappa shape index (κ1) is 19.9. The first-order valence-electron chi connectivity index (χ1n) is 10.5. The lowest BCUT2D eigenvalue weighted by Crippen LogP contribution is -2.55. The predicted octanol–water partition coefficient (Wildman–Crippen LogP) is 1.73. The van der Waals surface area contributed by atoms with Gasteiger partial charge < -0.3 is 10.2 Å². The maximum atomic E-state index is 11.7. The summed E-state index contributed by atoms with van der Waals surface area (Å²) in [5.41, 5.74) is 0. The van der Waals surface area contributed by atoms with E-state index in [2.05, 4.69) is 22.0 Å². The standard InChI is InChI=1S/C19H36N4O2S/c1-2-9-20-19(21-15-17-8-14-26(24,25)16-17)23-12-10-22(11-13-23)18-6-4-3-5-7-18/h17-18H,2-16H2,1H3,(H,20,21). The second kappa shape index (κ2) is 9.40. The third-order valence-corrected chi connectivity index (χ3v) is 7.90. The van der Waals surface area contributed by atoms with Crippen molar-refractivity contribution in [1.29, 1.82) is 0 Å². The largest absolute Gasteiger partial charge is 0.356 e. The van der Waals surface area contributed by atoms with Crippen LogP contribution < -0.4 is 5.32 Å². The van der Waals surface area contributed by atoms with Crippen LogP contribution >= 0.6 is 0 Å². The molecule has 1 saturated carbocycles. The molecule has 3 fully saturated rings. The molecule has 1 aliphatic carbocycles. The first-order chi connectivity index (χ1) is 12.6. The number of hydrogen-bond donors (Lipinski definition) is 1. The summed E-state index contributed by atoms with van der Waals surface area (Å²) in [5, 5.41) is 3.49. The number of nitrogens with zero attached hydrogens (tertiary/aromatic N) is 3. The van der Waals surface area contributed by atoms with Crippen LogP contribution in [0.1, 0.15) is 51.9 Å². The molecule has 6 nitrogen and oxygen atoms in total. The summed E-state index contributed by atoms with van der Waals surface area (Å²) in [4.78, 5) is 9.87. The maximum absolute atomic E-state index is 11.7. The molecule has 1 atom stereocenters. The smallest absolute Gasteiger partial charge is 0.194 e. The van der Waals surface area contributed by atoms with Crippen molar-refractivity contribution >= 4 is 15.8 Å². The number of sulfone groups is 1. The average molecular weight is 385 g/mol. The highest BCUT2D eigenvalue weighted by atomic mass is 32.2. The molecule has 0 bridgehead atoms. The van der Waals surface area contributed by atoms with Crippen LogP contribution in [-0.2, 0) is 9.84 Å². The minimum atomic E-state index is -2.81. The van der Waals surface area contributed by atoms with Gasteiger partial charge in [-0.05, 0) is 31.6 Å². The topological polar surface area (TPSA) is 65.0 Å². The summed E-state index contributed by atoms with van der Waals surface area (Å²) < 4.78 is 23.3. The van der Waals surface area contributed by atoms with Gasteiger partial charge in [0.15, 0.2) is 15.8 Å². The molecule has 2 heterocycles. The monoisotopic (exact) mass is 384 g/mol. The van der Waals surface area contributed by atoms with Crippen LogP contribution in [0.4, 0.5) is 0 Å². The van der Waals surface area contributed by atoms with E-state index < -0.39 is 9.84 Å². The summed E-state index contributed by atoms with van der Waals surface area (Å²) in [6.45, 7) is 8.00. The van der Waals surface area contributed by atoms with Crippen molar-refractivity contribution in [3.8, 4) is 0 Å². The van der Waals surface area contributed by atoms with E-state index in [-0.39, 0.29) is 5.92 Å². The summed E-state index contributed by atoms with van der Waals surface area (Å²) in [6, 6.07) is 0.790. The van der Waals surface area contributed by atoms with E-state index >= 15 is 0 Å². The minimum Gasteiger partial charge on any atom is -0.356 e. The molecule has 2 saturated heterocycles. The van der Waals surface area contributed by atoms with Crippen molar-refractivity contribution in [2.45, 2.75) is 57.9 Å². The Balaban J connectivity index is 1.53. The second-order valence-corrected chi connectivity index (χ2v) is 10.4. The van der Waals surface area contributed by atoms with Gasteiger partial charge in [-0.15, -0.1) is 0 Å². The number of guanidine groups is 1. The van der Waals surface area contributed by atoms with Gasteiger partial charge in [0.2, 0.25) is 0 Å². The van der Waals surface area contributed by atoms with Gasteiger partial charge in [-0.1, -0.05) is 26.2 Å². The molecule has 26 heavy (non-hydrogen) atoms. The van der Waals surface area contributed by atoms with Crippen molar-refractivity contribution in [1.82, 2.24) is 15.1 Å². The molecule has 0 amide bonds. The lowest BCUT2D eigenvalue weighted by Gasteiger charge is -2.41. The molecule has 150 valence electrons. The SMILES string of the molecule is CCCNC(=NCC1CCS(=O)(=O)C1)N1CCN(C2CCCCC2)CC1. The summed E-state index contributed by atoms with van der Waals surface area (Å²) in [5.74, 6) is 1.83. The normalized spacial score (nSPS) is 28.4. The van der Waals surface area contributed by atoms with Crippen LogP contribution in [0.3, 0.4) is 0 Å². The fraction of sp³-hybridized carbons (Fsp3) is 0.947. The Morgan fingerprint density at radius 2 is 1.81 bits per heavy atom. The van der Waals surface area contributed by atoms with Gasteiger partial charge in [0.1, 0.15) is 0 Å². The van der Waals surface area contributed by atoms with Gasteiger partial charge in [0.05, 0.1) is 11.5 Å². The number of hydrogen-bond acceptors (Lipinski definition) is 4. The Hall–Kier alpha value is -0.820. The molecular formula is C19H36N4O2S. The zero-order valence-corrected chi connectivity index (χ0v) is 17.1. The average Bonchev–Trinajstić information content (AvgIpc) is 3.02. The van der Waals surface area contributed by atoms with E-state index in [0.717, 1.165) is 57.6 Å². The molecule has 0 aromatic carbocycles. The molecule has 7 heteroatoms. The van der Waals surface area contributed by atoms with Crippen LogP contribution in [0.15, 0.2) is 4.99 Å². The second-order valence-electron chi connectivity index (χ2n) is 8.17. The molecule has 0 radical (unpaired) electrons. The highest BCUT2D eigenvalue weighted by molar-refractivity contribution is 7.91. The van der Waals surface area contributed by atoms with Crippen LogP contribution in [0.25, 0.3) is 0 Å². The van der Waals surface area contributed by atoms with Crippen molar-refractivity contribution in [2.75, 3.05) is 50.8 Å². The Bertz CT molecular complexity index is 564. The molecule has 3 aliphatic rings. The van der Waals surface area contributed by atoms with Crippen molar-refractivity contribution in [2.24, 2.45) is 10.9 Å². The number of piperazine rings is 1. The van der Waals surface area contributed by atoms with Gasteiger partial charge in [-0.2, -0.15) is 0 Å². The molecule has 0 spiro atoms. The Morgan fingerprint density at radius 3 is 2.42 bits per heavy atom. The Morgan fingerprint density at radius 1 is 1.08 bits per heavy atom. The zero-order chi connectivity index (χ0) is 18.4. The van der Waals surface area contributed by atoms with Crippen molar-refractivity contribution in [3.05, 3.63) is 0 Å². The molecular weight excluding hydrogens is 348 g/mol. The van der Waals surface area contributed by atoms with Crippen LogP contribution in [0.2, 0.25) is 0 Å². The first-order valence-corrected chi connectivity index (χ1v) is 12.4. The van der Waals surface area contributed by atoms with E-state index in [0.29, 0.717) is 18.1 Å². The van der Waals surface area contributed by atoms with E-state index in [1.807, 2.05) is 0 Å². The molecule has 0 aromatic rings. The molecule has 1 unspecified atom stereocenters. The molecule has 1 N–H and O–H groups in total. The Labute approximate surface area is 159 Å². The van der Waals surface area contributed by atoms with Crippen LogP contribution in [0, 0.1) is 5.92 Å². The third-order valence-electron chi connectivity index (χ3n) is 6.06. The minimum absolute atomic E-state index is 0.196. The number of aliphatic imine (C=N–C) groups is 1. The quantitative estimate of drug-likeness (QED) is 0.578. The van der Waals surface area contributed by atoms with Gasteiger partial charge in [-0.25, -0.2) is 8.42 Å². The van der Waals surface area contributed by atoms with Crippen LogP contribution in [-0.4, -0.2) is 81.0 Å². The Kier molecular flexibility index (Phi) is 7.20.